The zero-order valence-corrected chi connectivity index (χ0v) is 13.9. The van der Waals surface area contributed by atoms with Gasteiger partial charge in [-0.2, -0.15) is 0 Å². The quantitative estimate of drug-likeness (QED) is 0.830. The molecule has 0 bridgehead atoms. The van der Waals surface area contributed by atoms with E-state index >= 15 is 0 Å². The first-order chi connectivity index (χ1) is 11.3. The van der Waals surface area contributed by atoms with Gasteiger partial charge in [0.2, 0.25) is 0 Å². The fourth-order valence-corrected chi connectivity index (χ4v) is 3.35. The first-order valence-electron chi connectivity index (χ1n) is 7.33. The van der Waals surface area contributed by atoms with Crippen molar-refractivity contribution in [2.75, 3.05) is 12.4 Å². The Hall–Kier alpha value is -2.25. The van der Waals surface area contributed by atoms with E-state index in [1.165, 1.54) is 42.5 Å². The first-order valence-corrected chi connectivity index (χ1v) is 8.98. The van der Waals surface area contributed by atoms with Gasteiger partial charge in [0.15, 0.2) is 9.84 Å². The van der Waals surface area contributed by atoms with Gasteiger partial charge in [-0.3, -0.25) is 4.79 Å². The number of hydrogen-bond acceptors (Lipinski definition) is 4. The summed E-state index contributed by atoms with van der Waals surface area (Å²) in [6, 6.07) is 10.1. The van der Waals surface area contributed by atoms with Gasteiger partial charge < -0.3 is 10.8 Å². The van der Waals surface area contributed by atoms with Crippen LogP contribution in [0.1, 0.15) is 34.3 Å². The van der Waals surface area contributed by atoms with E-state index in [0.29, 0.717) is 5.56 Å². The predicted octanol–water partition coefficient (Wildman–Crippen LogP) is 1.84. The Labute approximate surface area is 139 Å². The van der Waals surface area contributed by atoms with Crippen molar-refractivity contribution < 1.29 is 22.7 Å². The summed E-state index contributed by atoms with van der Waals surface area (Å²) in [5.74, 6) is -2.43. The predicted molar refractivity (Wildman–Crippen MR) is 88.0 cm³/mol. The largest absolute Gasteiger partial charge is 0.395 e. The molecule has 0 radical (unpaired) electrons. The number of nitrogens with two attached hydrogens (primary N) is 1. The molecular weight excluding hydrogens is 333 g/mol. The van der Waals surface area contributed by atoms with Crippen molar-refractivity contribution in [3.8, 4) is 0 Å². The van der Waals surface area contributed by atoms with E-state index in [-0.39, 0.29) is 21.8 Å². The molecule has 0 fully saturated rings. The molecule has 2 rings (SSSR count). The van der Waals surface area contributed by atoms with Crippen molar-refractivity contribution in [2.45, 2.75) is 17.7 Å². The summed E-state index contributed by atoms with van der Waals surface area (Å²) in [7, 11) is -3.34. The molecule has 0 spiro atoms. The summed E-state index contributed by atoms with van der Waals surface area (Å²) in [5, 5.41) is 9.66. The highest BCUT2D eigenvalue weighted by Crippen LogP contribution is 2.28. The molecule has 24 heavy (non-hydrogen) atoms. The molecule has 1 atom stereocenters. The summed E-state index contributed by atoms with van der Waals surface area (Å²) in [6.45, 7) is 1.14. The van der Waals surface area contributed by atoms with Crippen LogP contribution in [0.5, 0.6) is 0 Å². The van der Waals surface area contributed by atoms with Crippen LogP contribution in [-0.2, 0) is 9.84 Å². The van der Waals surface area contributed by atoms with Gasteiger partial charge in [0.1, 0.15) is 5.82 Å². The van der Waals surface area contributed by atoms with E-state index in [0.717, 1.165) is 0 Å². The zero-order valence-electron chi connectivity index (χ0n) is 13.1. The molecule has 1 amide bonds. The number of sulfone groups is 1. The Morgan fingerprint density at radius 1 is 1.21 bits per heavy atom. The number of amides is 1. The van der Waals surface area contributed by atoms with Crippen molar-refractivity contribution in [1.29, 1.82) is 0 Å². The summed E-state index contributed by atoms with van der Waals surface area (Å²) in [6.07, 6.45) is 0. The molecule has 5 nitrogen and oxygen atoms in total. The summed E-state index contributed by atoms with van der Waals surface area (Å²) >= 11 is 0. The molecule has 0 aliphatic carbocycles. The normalized spacial score (nSPS) is 12.8. The fourth-order valence-electron chi connectivity index (χ4n) is 2.47. The molecule has 0 saturated carbocycles. The van der Waals surface area contributed by atoms with Gasteiger partial charge in [-0.25, -0.2) is 12.8 Å². The molecule has 3 N–H and O–H groups in total. The SMILES string of the molecule is CCS(=O)(=O)c1ccc([C@@H](CO)c2cccc(C(N)=O)c2F)cc1. The molecule has 0 heterocycles. The highest BCUT2D eigenvalue weighted by molar-refractivity contribution is 7.91. The summed E-state index contributed by atoms with van der Waals surface area (Å²) in [5.41, 5.74) is 5.55. The molecular formula is C17H18FNO4S. The summed E-state index contributed by atoms with van der Waals surface area (Å²) in [4.78, 5) is 11.4. The van der Waals surface area contributed by atoms with Gasteiger partial charge in [0.05, 0.1) is 22.8 Å². The minimum atomic E-state index is -3.34. The lowest BCUT2D eigenvalue weighted by molar-refractivity contribution is 0.0996. The van der Waals surface area contributed by atoms with Crippen LogP contribution < -0.4 is 5.73 Å². The Bertz CT molecular complexity index is 847. The lowest BCUT2D eigenvalue weighted by Crippen LogP contribution is -2.16. The van der Waals surface area contributed by atoms with Gasteiger partial charge in [-0.1, -0.05) is 31.2 Å². The topological polar surface area (TPSA) is 97.5 Å². The van der Waals surface area contributed by atoms with Gasteiger partial charge >= 0.3 is 0 Å². The number of carbonyl (C=O) groups is 1. The smallest absolute Gasteiger partial charge is 0.251 e. The minimum absolute atomic E-state index is 0.0228. The van der Waals surface area contributed by atoms with E-state index in [4.69, 9.17) is 5.73 Å². The van der Waals surface area contributed by atoms with E-state index in [2.05, 4.69) is 0 Å². The van der Waals surface area contributed by atoms with Crippen molar-refractivity contribution in [3.05, 3.63) is 65.0 Å². The Kier molecular flexibility index (Phi) is 5.36. The molecule has 0 unspecified atom stereocenters. The molecule has 0 aromatic heterocycles. The van der Waals surface area contributed by atoms with Gasteiger partial charge in [-0.05, 0) is 29.3 Å². The minimum Gasteiger partial charge on any atom is -0.395 e. The van der Waals surface area contributed by atoms with Crippen molar-refractivity contribution >= 4 is 15.7 Å². The second-order valence-corrected chi connectivity index (χ2v) is 7.56. The molecule has 0 aliphatic heterocycles. The highest BCUT2D eigenvalue weighted by atomic mass is 32.2. The van der Waals surface area contributed by atoms with Crippen LogP contribution >= 0.6 is 0 Å². The standard InChI is InChI=1S/C17H18FNO4S/c1-2-24(22,23)12-8-6-11(7-9-12)15(10-20)13-4-3-5-14(16(13)18)17(19)21/h3-9,15,20H,2,10H2,1H3,(H2,19,21)/t15-/m1/s1. The molecule has 128 valence electrons. The second kappa shape index (κ2) is 7.11. The van der Waals surface area contributed by atoms with Crippen LogP contribution in [0.3, 0.4) is 0 Å². The Balaban J connectivity index is 2.47. The lowest BCUT2D eigenvalue weighted by Gasteiger charge is -2.17. The third-order valence-corrected chi connectivity index (χ3v) is 5.62. The number of primary amides is 1. The maximum Gasteiger partial charge on any atom is 0.251 e. The number of aliphatic hydroxyl groups is 1. The molecule has 7 heteroatoms. The van der Waals surface area contributed by atoms with E-state index < -0.39 is 34.1 Å². The van der Waals surface area contributed by atoms with Crippen LogP contribution in [0.15, 0.2) is 47.4 Å². The second-order valence-electron chi connectivity index (χ2n) is 5.28. The van der Waals surface area contributed by atoms with Crippen LogP contribution in [0.2, 0.25) is 0 Å². The third-order valence-electron chi connectivity index (χ3n) is 3.87. The number of hydrogen-bond donors (Lipinski definition) is 2. The monoisotopic (exact) mass is 351 g/mol. The lowest BCUT2D eigenvalue weighted by atomic mass is 9.90. The van der Waals surface area contributed by atoms with Crippen molar-refractivity contribution in [3.63, 3.8) is 0 Å². The third kappa shape index (κ3) is 3.47. The van der Waals surface area contributed by atoms with Gasteiger partial charge in [-0.15, -0.1) is 0 Å². The number of aliphatic hydroxyl groups excluding tert-OH is 1. The zero-order chi connectivity index (χ0) is 17.9. The van der Waals surface area contributed by atoms with Crippen LogP contribution in [0.25, 0.3) is 0 Å². The number of carbonyl (C=O) groups excluding carboxylic acids is 1. The summed E-state index contributed by atoms with van der Waals surface area (Å²) < 4.78 is 38.1. The number of benzene rings is 2. The van der Waals surface area contributed by atoms with Gasteiger partial charge in [0.25, 0.3) is 5.91 Å². The highest BCUT2D eigenvalue weighted by Gasteiger charge is 2.21. The van der Waals surface area contributed by atoms with Gasteiger partial charge in [0, 0.05) is 5.92 Å². The number of halogens is 1. The Morgan fingerprint density at radius 2 is 1.83 bits per heavy atom. The average Bonchev–Trinajstić information content (AvgIpc) is 2.57. The number of rotatable bonds is 6. The first kappa shape index (κ1) is 18.1. The Morgan fingerprint density at radius 3 is 2.33 bits per heavy atom. The molecule has 0 saturated heterocycles. The maximum atomic E-state index is 14.5. The van der Waals surface area contributed by atoms with Crippen LogP contribution in [0.4, 0.5) is 4.39 Å². The molecule has 2 aromatic carbocycles. The maximum absolute atomic E-state index is 14.5. The van der Waals surface area contributed by atoms with Crippen molar-refractivity contribution in [1.82, 2.24) is 0 Å². The van der Waals surface area contributed by atoms with Crippen molar-refractivity contribution in [2.24, 2.45) is 5.73 Å². The molecule has 0 aliphatic rings. The average molecular weight is 351 g/mol. The van der Waals surface area contributed by atoms with E-state index in [9.17, 15) is 22.7 Å². The van der Waals surface area contributed by atoms with Crippen LogP contribution in [0, 0.1) is 5.82 Å². The van der Waals surface area contributed by atoms with Crippen LogP contribution in [-0.4, -0.2) is 31.8 Å². The van der Waals surface area contributed by atoms with E-state index in [1.54, 1.807) is 6.92 Å². The fraction of sp³-hybridized carbons (Fsp3) is 0.235. The van der Waals surface area contributed by atoms with E-state index in [1.807, 2.05) is 0 Å². The molecule has 2 aromatic rings.